The van der Waals surface area contributed by atoms with E-state index < -0.39 is 11.6 Å². The topological polar surface area (TPSA) is 32.3 Å². The summed E-state index contributed by atoms with van der Waals surface area (Å²) in [5, 5.41) is 2.43. The Hall–Kier alpha value is -1.49. The molecule has 0 unspecified atom stereocenters. The van der Waals surface area contributed by atoms with Gasteiger partial charge in [0.05, 0.1) is 5.69 Å². The molecule has 1 rings (SSSR count). The van der Waals surface area contributed by atoms with Gasteiger partial charge in [0.1, 0.15) is 11.6 Å². The number of amides is 1. The van der Waals surface area contributed by atoms with E-state index in [1.165, 1.54) is 6.07 Å². The van der Waals surface area contributed by atoms with Crippen molar-refractivity contribution in [2.45, 2.75) is 20.3 Å². The average molecular weight is 256 g/mol. The summed E-state index contributed by atoms with van der Waals surface area (Å²) in [6.07, 6.45) is 0.290. The number of carbonyl (C=O) groups excluding carboxylic acids is 1. The molecule has 1 aromatic carbocycles. The minimum Gasteiger partial charge on any atom is -0.324 e. The minimum atomic E-state index is -0.758. The number of hydrogen-bond donors (Lipinski definition) is 1. The van der Waals surface area contributed by atoms with Gasteiger partial charge >= 0.3 is 0 Å². The van der Waals surface area contributed by atoms with E-state index in [2.05, 4.69) is 10.2 Å². The molecule has 1 amide bonds. The van der Waals surface area contributed by atoms with Crippen LogP contribution in [0.2, 0.25) is 0 Å². The van der Waals surface area contributed by atoms with Crippen molar-refractivity contribution in [1.29, 1.82) is 0 Å². The maximum absolute atomic E-state index is 13.3. The van der Waals surface area contributed by atoms with Crippen LogP contribution in [0.1, 0.15) is 20.3 Å². The molecule has 18 heavy (non-hydrogen) atoms. The van der Waals surface area contributed by atoms with Crippen molar-refractivity contribution in [2.24, 2.45) is 0 Å². The first kappa shape index (κ1) is 14.6. The van der Waals surface area contributed by atoms with E-state index in [0.29, 0.717) is 13.0 Å². The second kappa shape index (κ2) is 7.06. The molecule has 0 bridgehead atoms. The van der Waals surface area contributed by atoms with Gasteiger partial charge in [0.25, 0.3) is 0 Å². The standard InChI is InChI=1S/C13H18F2N2O/c1-3-17(4-2)8-7-13(18)16-12-6-5-10(14)9-11(12)15/h5-6,9H,3-4,7-8H2,1-2H3,(H,16,18). The van der Waals surface area contributed by atoms with Crippen LogP contribution in [0.5, 0.6) is 0 Å². The summed E-state index contributed by atoms with van der Waals surface area (Å²) < 4.78 is 25.9. The lowest BCUT2D eigenvalue weighted by Gasteiger charge is -2.17. The smallest absolute Gasteiger partial charge is 0.225 e. The molecule has 1 N–H and O–H groups in total. The van der Waals surface area contributed by atoms with Crippen LogP contribution in [0.3, 0.4) is 0 Å². The van der Waals surface area contributed by atoms with Gasteiger partial charge in [-0.2, -0.15) is 0 Å². The zero-order valence-electron chi connectivity index (χ0n) is 10.7. The second-order valence-corrected chi connectivity index (χ2v) is 3.95. The van der Waals surface area contributed by atoms with Crippen LogP contribution in [0.25, 0.3) is 0 Å². The van der Waals surface area contributed by atoms with Crippen LogP contribution in [0, 0.1) is 11.6 Å². The highest BCUT2D eigenvalue weighted by molar-refractivity contribution is 5.90. The van der Waals surface area contributed by atoms with Crippen molar-refractivity contribution < 1.29 is 13.6 Å². The number of benzene rings is 1. The van der Waals surface area contributed by atoms with Crippen molar-refractivity contribution >= 4 is 11.6 Å². The molecule has 0 radical (unpaired) electrons. The Bertz CT molecular complexity index is 406. The van der Waals surface area contributed by atoms with Crippen LogP contribution in [-0.2, 0) is 4.79 Å². The molecule has 0 saturated heterocycles. The highest BCUT2D eigenvalue weighted by atomic mass is 19.1. The molecule has 0 aliphatic carbocycles. The summed E-state index contributed by atoms with van der Waals surface area (Å²) in [4.78, 5) is 13.7. The summed E-state index contributed by atoms with van der Waals surface area (Å²) >= 11 is 0. The summed E-state index contributed by atoms with van der Waals surface area (Å²) in [6, 6.07) is 3.09. The first-order valence-corrected chi connectivity index (χ1v) is 6.04. The van der Waals surface area contributed by atoms with Crippen molar-refractivity contribution in [1.82, 2.24) is 4.90 Å². The molecule has 0 spiro atoms. The van der Waals surface area contributed by atoms with E-state index in [1.54, 1.807) is 0 Å². The third-order valence-electron chi connectivity index (χ3n) is 2.75. The molecular weight excluding hydrogens is 238 g/mol. The minimum absolute atomic E-state index is 0.0148. The van der Waals surface area contributed by atoms with E-state index >= 15 is 0 Å². The van der Waals surface area contributed by atoms with Gasteiger partial charge in [-0.25, -0.2) is 8.78 Å². The van der Waals surface area contributed by atoms with Gasteiger partial charge in [-0.15, -0.1) is 0 Å². The largest absolute Gasteiger partial charge is 0.324 e. The molecule has 0 fully saturated rings. The van der Waals surface area contributed by atoms with Gasteiger partial charge < -0.3 is 10.2 Å². The van der Waals surface area contributed by atoms with Gasteiger partial charge in [0, 0.05) is 19.0 Å². The SMILES string of the molecule is CCN(CC)CCC(=O)Nc1ccc(F)cc1F. The Morgan fingerprint density at radius 2 is 1.94 bits per heavy atom. The molecule has 0 heterocycles. The third-order valence-corrected chi connectivity index (χ3v) is 2.75. The Labute approximate surface area is 106 Å². The van der Waals surface area contributed by atoms with Crippen LogP contribution >= 0.6 is 0 Å². The zero-order chi connectivity index (χ0) is 13.5. The van der Waals surface area contributed by atoms with Gasteiger partial charge in [-0.1, -0.05) is 13.8 Å². The Morgan fingerprint density at radius 1 is 1.28 bits per heavy atom. The number of anilines is 1. The van der Waals surface area contributed by atoms with E-state index in [4.69, 9.17) is 0 Å². The normalized spacial score (nSPS) is 10.7. The summed E-state index contributed by atoms with van der Waals surface area (Å²) in [5.74, 6) is -1.69. The number of nitrogens with zero attached hydrogens (tertiary/aromatic N) is 1. The quantitative estimate of drug-likeness (QED) is 0.848. The third kappa shape index (κ3) is 4.41. The Balaban J connectivity index is 2.49. The van der Waals surface area contributed by atoms with E-state index in [9.17, 15) is 13.6 Å². The van der Waals surface area contributed by atoms with Crippen molar-refractivity contribution in [3.8, 4) is 0 Å². The fourth-order valence-corrected chi connectivity index (χ4v) is 1.60. The van der Waals surface area contributed by atoms with Crippen LogP contribution in [0.4, 0.5) is 14.5 Å². The molecule has 0 aromatic heterocycles. The molecule has 0 aliphatic rings. The molecule has 100 valence electrons. The predicted octanol–water partition coefficient (Wildman–Crippen LogP) is 2.64. The van der Waals surface area contributed by atoms with Gasteiger partial charge in [0.15, 0.2) is 0 Å². The van der Waals surface area contributed by atoms with Gasteiger partial charge in [-0.3, -0.25) is 4.79 Å². The maximum Gasteiger partial charge on any atom is 0.225 e. The number of halogens is 2. The molecule has 3 nitrogen and oxygen atoms in total. The fraction of sp³-hybridized carbons (Fsp3) is 0.462. The van der Waals surface area contributed by atoms with Crippen LogP contribution in [-0.4, -0.2) is 30.4 Å². The molecule has 0 atom stereocenters. The summed E-state index contributed by atoms with van der Waals surface area (Å²) in [5.41, 5.74) is 0.0148. The molecule has 0 aliphatic heterocycles. The van der Waals surface area contributed by atoms with Gasteiger partial charge in [-0.05, 0) is 25.2 Å². The Morgan fingerprint density at radius 3 is 2.50 bits per heavy atom. The molecule has 1 aromatic rings. The fourth-order valence-electron chi connectivity index (χ4n) is 1.60. The van der Waals surface area contributed by atoms with E-state index in [1.807, 2.05) is 13.8 Å². The first-order valence-electron chi connectivity index (χ1n) is 6.04. The average Bonchev–Trinajstić information content (AvgIpc) is 2.34. The first-order chi connectivity index (χ1) is 8.56. The lowest BCUT2D eigenvalue weighted by atomic mass is 10.2. The van der Waals surface area contributed by atoms with Crippen molar-refractivity contribution in [3.05, 3.63) is 29.8 Å². The van der Waals surface area contributed by atoms with E-state index in [0.717, 1.165) is 25.2 Å². The Kier molecular flexibility index (Phi) is 5.71. The predicted molar refractivity (Wildman–Crippen MR) is 67.4 cm³/mol. The van der Waals surface area contributed by atoms with Crippen LogP contribution < -0.4 is 5.32 Å². The zero-order valence-corrected chi connectivity index (χ0v) is 10.7. The highest BCUT2D eigenvalue weighted by Crippen LogP contribution is 2.15. The van der Waals surface area contributed by atoms with Crippen molar-refractivity contribution in [2.75, 3.05) is 25.0 Å². The number of rotatable bonds is 6. The van der Waals surface area contributed by atoms with E-state index in [-0.39, 0.29) is 11.6 Å². The molecule has 0 saturated carbocycles. The summed E-state index contributed by atoms with van der Waals surface area (Å²) in [7, 11) is 0. The monoisotopic (exact) mass is 256 g/mol. The van der Waals surface area contributed by atoms with Crippen LogP contribution in [0.15, 0.2) is 18.2 Å². The second-order valence-electron chi connectivity index (χ2n) is 3.95. The lowest BCUT2D eigenvalue weighted by Crippen LogP contribution is -2.27. The molecular formula is C13H18F2N2O. The number of nitrogens with one attached hydrogen (secondary N) is 1. The molecule has 5 heteroatoms. The van der Waals surface area contributed by atoms with Gasteiger partial charge in [0.2, 0.25) is 5.91 Å². The number of hydrogen-bond acceptors (Lipinski definition) is 2. The number of carbonyl (C=O) groups is 1. The lowest BCUT2D eigenvalue weighted by molar-refractivity contribution is -0.116. The highest BCUT2D eigenvalue weighted by Gasteiger charge is 2.09. The summed E-state index contributed by atoms with van der Waals surface area (Å²) in [6.45, 7) is 6.40. The van der Waals surface area contributed by atoms with Crippen molar-refractivity contribution in [3.63, 3.8) is 0 Å². The maximum atomic E-state index is 13.3.